The third kappa shape index (κ3) is 2.99. The van der Waals surface area contributed by atoms with Crippen molar-refractivity contribution in [2.24, 2.45) is 0 Å². The number of rotatable bonds is 3. The fourth-order valence-corrected chi connectivity index (χ4v) is 4.98. The maximum atomic E-state index is 13.0. The molecule has 2 rings (SSSR count). The quantitative estimate of drug-likeness (QED) is 0.810. The molecular formula is C11H7BrF3NO2S2. The number of thiophene rings is 1. The summed E-state index contributed by atoms with van der Waals surface area (Å²) < 4.78 is 65.7. The molecule has 2 aromatic rings. The van der Waals surface area contributed by atoms with E-state index in [1.54, 1.807) is 6.92 Å². The van der Waals surface area contributed by atoms with Gasteiger partial charge in [0.15, 0.2) is 17.5 Å². The average Bonchev–Trinajstić information content (AvgIpc) is 2.65. The van der Waals surface area contributed by atoms with Gasteiger partial charge in [0.05, 0.1) is 9.47 Å². The van der Waals surface area contributed by atoms with E-state index < -0.39 is 27.5 Å². The van der Waals surface area contributed by atoms with Crippen LogP contribution in [0.15, 0.2) is 26.9 Å². The largest absolute Gasteiger partial charge is 0.279 e. The molecule has 0 atom stereocenters. The van der Waals surface area contributed by atoms with Gasteiger partial charge in [0.2, 0.25) is 0 Å². The molecular weight excluding hydrogens is 379 g/mol. The molecule has 1 aromatic carbocycles. The fourth-order valence-electron chi connectivity index (χ4n) is 1.52. The van der Waals surface area contributed by atoms with Crippen LogP contribution in [-0.4, -0.2) is 8.42 Å². The van der Waals surface area contributed by atoms with E-state index in [0.717, 1.165) is 0 Å². The number of benzene rings is 1. The molecule has 0 bridgehead atoms. The Bertz CT molecular complexity index is 751. The molecule has 1 heterocycles. The van der Waals surface area contributed by atoms with E-state index in [0.29, 0.717) is 20.8 Å². The van der Waals surface area contributed by atoms with E-state index in [1.807, 2.05) is 4.72 Å². The van der Waals surface area contributed by atoms with Crippen LogP contribution >= 0.6 is 27.3 Å². The zero-order chi connectivity index (χ0) is 15.1. The summed E-state index contributed by atoms with van der Waals surface area (Å²) in [6, 6.07) is 2.53. The second kappa shape index (κ2) is 5.38. The molecule has 108 valence electrons. The minimum absolute atomic E-state index is 0.0143. The fraction of sp³-hybridized carbons (Fsp3) is 0.0909. The minimum Gasteiger partial charge on any atom is -0.279 e. The molecule has 0 spiro atoms. The Labute approximate surface area is 125 Å². The summed E-state index contributed by atoms with van der Waals surface area (Å²) in [5.41, 5.74) is -0.386. The second-order valence-corrected chi connectivity index (χ2v) is 8.12. The Kier molecular flexibility index (Phi) is 4.12. The molecule has 0 aliphatic heterocycles. The van der Waals surface area contributed by atoms with Crippen LogP contribution in [-0.2, 0) is 10.0 Å². The maximum Gasteiger partial charge on any atom is 0.263 e. The third-order valence-corrected chi connectivity index (χ3v) is 5.56. The van der Waals surface area contributed by atoms with Gasteiger partial charge < -0.3 is 0 Å². The summed E-state index contributed by atoms with van der Waals surface area (Å²) in [6.07, 6.45) is 0. The molecule has 0 amide bonds. The Balaban J connectivity index is 2.41. The minimum atomic E-state index is -3.99. The summed E-state index contributed by atoms with van der Waals surface area (Å²) in [5.74, 6) is -4.58. The van der Waals surface area contributed by atoms with E-state index in [-0.39, 0.29) is 10.6 Å². The van der Waals surface area contributed by atoms with Gasteiger partial charge in [-0.05, 0) is 28.9 Å². The average molecular weight is 386 g/mol. The third-order valence-electron chi connectivity index (χ3n) is 2.37. The molecule has 0 saturated carbocycles. The zero-order valence-electron chi connectivity index (χ0n) is 9.88. The Morgan fingerprint density at radius 2 is 1.70 bits per heavy atom. The summed E-state index contributed by atoms with van der Waals surface area (Å²) >= 11 is 4.36. The van der Waals surface area contributed by atoms with Crippen LogP contribution in [0, 0.1) is 24.4 Å². The van der Waals surface area contributed by atoms with Crippen molar-refractivity contribution in [1.29, 1.82) is 0 Å². The zero-order valence-corrected chi connectivity index (χ0v) is 13.1. The normalized spacial score (nSPS) is 11.7. The number of aryl methyl sites for hydroxylation is 1. The van der Waals surface area contributed by atoms with Gasteiger partial charge in [-0.1, -0.05) is 0 Å². The SMILES string of the molecule is Cc1sc(Br)cc1S(=O)(=O)Nc1cc(F)c(F)c(F)c1. The van der Waals surface area contributed by atoms with Crippen LogP contribution < -0.4 is 4.72 Å². The number of halogens is 4. The smallest absolute Gasteiger partial charge is 0.263 e. The lowest BCUT2D eigenvalue weighted by Gasteiger charge is -2.08. The van der Waals surface area contributed by atoms with Crippen LogP contribution in [0.1, 0.15) is 4.88 Å². The standard InChI is InChI=1S/C11H7BrF3NO2S2/c1-5-9(4-10(12)19-5)20(17,18)16-6-2-7(13)11(15)8(14)3-6/h2-4,16H,1H3. The van der Waals surface area contributed by atoms with E-state index in [4.69, 9.17) is 0 Å². The van der Waals surface area contributed by atoms with E-state index >= 15 is 0 Å². The van der Waals surface area contributed by atoms with Crippen LogP contribution in [0.4, 0.5) is 18.9 Å². The van der Waals surface area contributed by atoms with Gasteiger partial charge in [-0.25, -0.2) is 21.6 Å². The predicted octanol–water partition coefficient (Wildman–Crippen LogP) is 4.04. The van der Waals surface area contributed by atoms with Gasteiger partial charge in [0.1, 0.15) is 4.90 Å². The van der Waals surface area contributed by atoms with Gasteiger partial charge in [-0.3, -0.25) is 4.72 Å². The number of hydrogen-bond acceptors (Lipinski definition) is 3. The van der Waals surface area contributed by atoms with E-state index in [2.05, 4.69) is 15.9 Å². The molecule has 0 aliphatic carbocycles. The summed E-state index contributed by atoms with van der Waals surface area (Å²) in [4.78, 5) is 0.493. The maximum absolute atomic E-state index is 13.0. The summed E-state index contributed by atoms with van der Waals surface area (Å²) in [7, 11) is -3.99. The first-order chi connectivity index (χ1) is 9.20. The van der Waals surface area contributed by atoms with Crippen molar-refractivity contribution in [1.82, 2.24) is 0 Å². The molecule has 3 nitrogen and oxygen atoms in total. The molecule has 0 unspecified atom stereocenters. The van der Waals surface area contributed by atoms with Gasteiger partial charge in [-0.15, -0.1) is 11.3 Å². The first-order valence-electron chi connectivity index (χ1n) is 5.14. The van der Waals surface area contributed by atoms with Crippen molar-refractivity contribution < 1.29 is 21.6 Å². The first kappa shape index (κ1) is 15.3. The molecule has 9 heteroatoms. The lowest BCUT2D eigenvalue weighted by molar-refractivity contribution is 0.448. The molecule has 0 fully saturated rings. The summed E-state index contributed by atoms with van der Waals surface area (Å²) in [5, 5.41) is 0. The molecule has 0 radical (unpaired) electrons. The van der Waals surface area contributed by atoms with Crippen molar-refractivity contribution in [3.8, 4) is 0 Å². The second-order valence-electron chi connectivity index (χ2n) is 3.83. The van der Waals surface area contributed by atoms with Gasteiger partial charge >= 0.3 is 0 Å². The van der Waals surface area contributed by atoms with Crippen molar-refractivity contribution in [3.05, 3.63) is 44.3 Å². The van der Waals surface area contributed by atoms with Gasteiger partial charge in [0, 0.05) is 17.0 Å². The number of nitrogens with one attached hydrogen (secondary N) is 1. The van der Waals surface area contributed by atoms with Crippen LogP contribution in [0.2, 0.25) is 0 Å². The Hall–Kier alpha value is -1.06. The van der Waals surface area contributed by atoms with Crippen molar-refractivity contribution in [3.63, 3.8) is 0 Å². The van der Waals surface area contributed by atoms with Crippen molar-refractivity contribution in [2.45, 2.75) is 11.8 Å². The molecule has 0 aliphatic rings. The van der Waals surface area contributed by atoms with Crippen molar-refractivity contribution >= 4 is 43.0 Å². The molecule has 20 heavy (non-hydrogen) atoms. The topological polar surface area (TPSA) is 46.2 Å². The number of hydrogen-bond donors (Lipinski definition) is 1. The Morgan fingerprint density at radius 3 is 2.15 bits per heavy atom. The van der Waals surface area contributed by atoms with Crippen LogP contribution in [0.25, 0.3) is 0 Å². The van der Waals surface area contributed by atoms with Crippen molar-refractivity contribution in [2.75, 3.05) is 4.72 Å². The molecule has 0 saturated heterocycles. The van der Waals surface area contributed by atoms with Crippen LogP contribution in [0.5, 0.6) is 0 Å². The predicted molar refractivity (Wildman–Crippen MR) is 73.9 cm³/mol. The van der Waals surface area contributed by atoms with Gasteiger partial charge in [0.25, 0.3) is 10.0 Å². The van der Waals surface area contributed by atoms with Gasteiger partial charge in [-0.2, -0.15) is 0 Å². The number of anilines is 1. The van der Waals surface area contributed by atoms with E-state index in [9.17, 15) is 21.6 Å². The monoisotopic (exact) mass is 385 g/mol. The highest BCUT2D eigenvalue weighted by atomic mass is 79.9. The molecule has 1 aromatic heterocycles. The van der Waals surface area contributed by atoms with E-state index in [1.165, 1.54) is 17.4 Å². The Morgan fingerprint density at radius 1 is 1.15 bits per heavy atom. The lowest BCUT2D eigenvalue weighted by Crippen LogP contribution is -2.13. The summed E-state index contributed by atoms with van der Waals surface area (Å²) in [6.45, 7) is 1.59. The number of sulfonamides is 1. The highest BCUT2D eigenvalue weighted by Crippen LogP contribution is 2.31. The van der Waals surface area contributed by atoms with Crippen LogP contribution in [0.3, 0.4) is 0 Å². The first-order valence-corrected chi connectivity index (χ1v) is 8.23. The lowest BCUT2D eigenvalue weighted by atomic mass is 10.3. The highest BCUT2D eigenvalue weighted by molar-refractivity contribution is 9.11. The highest BCUT2D eigenvalue weighted by Gasteiger charge is 2.21. The molecule has 1 N–H and O–H groups in total.